The minimum absolute atomic E-state index is 0.144. The SMILES string of the molecule is CCC1CCN(C(=O)C2(C(=O)O)CC2)CC1. The first-order valence-electron chi connectivity index (χ1n) is 6.13. The van der Waals surface area contributed by atoms with Gasteiger partial charge in [0.25, 0.3) is 0 Å². The molecule has 1 amide bonds. The third-order valence-corrected chi connectivity index (χ3v) is 4.05. The quantitative estimate of drug-likeness (QED) is 0.740. The van der Waals surface area contributed by atoms with E-state index < -0.39 is 11.4 Å². The number of aliphatic carboxylic acids is 1. The number of hydrogen-bond donors (Lipinski definition) is 1. The van der Waals surface area contributed by atoms with E-state index in [1.165, 1.54) is 0 Å². The van der Waals surface area contributed by atoms with Crippen LogP contribution in [0.15, 0.2) is 0 Å². The molecule has 0 aromatic heterocycles. The lowest BCUT2D eigenvalue weighted by Gasteiger charge is -2.33. The molecule has 2 aliphatic rings. The zero-order valence-corrected chi connectivity index (χ0v) is 9.74. The Morgan fingerprint density at radius 1 is 1.31 bits per heavy atom. The summed E-state index contributed by atoms with van der Waals surface area (Å²) in [6.07, 6.45) is 4.26. The van der Waals surface area contributed by atoms with E-state index in [4.69, 9.17) is 5.11 Å². The molecule has 0 aromatic rings. The molecule has 4 heteroatoms. The summed E-state index contributed by atoms with van der Waals surface area (Å²) >= 11 is 0. The molecule has 1 aliphatic carbocycles. The van der Waals surface area contributed by atoms with Crippen LogP contribution >= 0.6 is 0 Å². The number of nitrogens with zero attached hydrogens (tertiary/aromatic N) is 1. The summed E-state index contributed by atoms with van der Waals surface area (Å²) < 4.78 is 0. The highest BCUT2D eigenvalue weighted by Crippen LogP contribution is 2.47. The van der Waals surface area contributed by atoms with E-state index in [2.05, 4.69) is 6.92 Å². The molecule has 90 valence electrons. The molecule has 2 rings (SSSR count). The lowest BCUT2D eigenvalue weighted by Crippen LogP contribution is -2.44. The number of likely N-dealkylation sites (tertiary alicyclic amines) is 1. The first-order chi connectivity index (χ1) is 7.60. The second kappa shape index (κ2) is 4.07. The van der Waals surface area contributed by atoms with Crippen molar-refractivity contribution in [2.24, 2.45) is 11.3 Å². The van der Waals surface area contributed by atoms with Gasteiger partial charge in [0.15, 0.2) is 0 Å². The Balaban J connectivity index is 1.95. The second-order valence-corrected chi connectivity index (χ2v) is 5.03. The normalized spacial score (nSPS) is 24.2. The van der Waals surface area contributed by atoms with Gasteiger partial charge in [0.1, 0.15) is 5.41 Å². The Morgan fingerprint density at radius 2 is 1.88 bits per heavy atom. The average molecular weight is 225 g/mol. The lowest BCUT2D eigenvalue weighted by molar-refractivity contribution is -0.154. The molecule has 1 saturated carbocycles. The molecule has 1 heterocycles. The van der Waals surface area contributed by atoms with Gasteiger partial charge in [-0.3, -0.25) is 9.59 Å². The van der Waals surface area contributed by atoms with Crippen LogP contribution in [-0.2, 0) is 9.59 Å². The molecule has 0 atom stereocenters. The van der Waals surface area contributed by atoms with Crippen molar-refractivity contribution in [3.05, 3.63) is 0 Å². The van der Waals surface area contributed by atoms with Gasteiger partial charge < -0.3 is 10.0 Å². The predicted molar refractivity (Wildman–Crippen MR) is 58.9 cm³/mol. The summed E-state index contributed by atoms with van der Waals surface area (Å²) in [6.45, 7) is 3.65. The smallest absolute Gasteiger partial charge is 0.319 e. The second-order valence-electron chi connectivity index (χ2n) is 5.03. The Morgan fingerprint density at radius 3 is 2.25 bits per heavy atom. The Kier molecular flexibility index (Phi) is 2.91. The van der Waals surface area contributed by atoms with E-state index in [0.717, 1.165) is 32.4 Å². The maximum Gasteiger partial charge on any atom is 0.319 e. The fourth-order valence-electron chi connectivity index (χ4n) is 2.49. The zero-order valence-electron chi connectivity index (χ0n) is 9.74. The average Bonchev–Trinajstić information content (AvgIpc) is 3.09. The van der Waals surface area contributed by atoms with Gasteiger partial charge in [0, 0.05) is 13.1 Å². The van der Waals surface area contributed by atoms with E-state index in [0.29, 0.717) is 18.8 Å². The van der Waals surface area contributed by atoms with Gasteiger partial charge in [-0.1, -0.05) is 13.3 Å². The molecular formula is C12H19NO3. The summed E-state index contributed by atoms with van der Waals surface area (Å²) in [5, 5.41) is 9.06. The van der Waals surface area contributed by atoms with E-state index in [9.17, 15) is 9.59 Å². The van der Waals surface area contributed by atoms with Crippen molar-refractivity contribution in [3.8, 4) is 0 Å². The number of carboxylic acids is 1. The first kappa shape index (κ1) is 11.4. The predicted octanol–water partition coefficient (Wildman–Crippen LogP) is 1.50. The van der Waals surface area contributed by atoms with Crippen LogP contribution in [0, 0.1) is 11.3 Å². The van der Waals surface area contributed by atoms with Gasteiger partial charge in [0.2, 0.25) is 5.91 Å². The topological polar surface area (TPSA) is 57.6 Å². The van der Waals surface area contributed by atoms with Gasteiger partial charge >= 0.3 is 5.97 Å². The fourth-order valence-corrected chi connectivity index (χ4v) is 2.49. The lowest BCUT2D eigenvalue weighted by atomic mass is 9.93. The van der Waals surface area contributed by atoms with Crippen LogP contribution in [0.3, 0.4) is 0 Å². The van der Waals surface area contributed by atoms with Crippen LogP contribution < -0.4 is 0 Å². The maximum atomic E-state index is 12.1. The Labute approximate surface area is 95.6 Å². The van der Waals surface area contributed by atoms with E-state index in [1.807, 2.05) is 0 Å². The number of carbonyl (C=O) groups excluding carboxylic acids is 1. The Bertz CT molecular complexity index is 301. The minimum atomic E-state index is -1.04. The molecule has 0 radical (unpaired) electrons. The van der Waals surface area contributed by atoms with Crippen molar-refractivity contribution >= 4 is 11.9 Å². The largest absolute Gasteiger partial charge is 0.480 e. The van der Waals surface area contributed by atoms with E-state index >= 15 is 0 Å². The Hall–Kier alpha value is -1.06. The molecule has 2 fully saturated rings. The third-order valence-electron chi connectivity index (χ3n) is 4.05. The van der Waals surface area contributed by atoms with Gasteiger partial charge in [-0.15, -0.1) is 0 Å². The van der Waals surface area contributed by atoms with Crippen molar-refractivity contribution in [1.29, 1.82) is 0 Å². The van der Waals surface area contributed by atoms with Crippen molar-refractivity contribution in [3.63, 3.8) is 0 Å². The number of hydrogen-bond acceptors (Lipinski definition) is 2. The number of carbonyl (C=O) groups is 2. The molecule has 16 heavy (non-hydrogen) atoms. The number of carboxylic acid groups (broad SMARTS) is 1. The van der Waals surface area contributed by atoms with Crippen LogP contribution in [-0.4, -0.2) is 35.0 Å². The van der Waals surface area contributed by atoms with Crippen LogP contribution in [0.2, 0.25) is 0 Å². The van der Waals surface area contributed by atoms with E-state index in [-0.39, 0.29) is 5.91 Å². The number of amides is 1. The maximum absolute atomic E-state index is 12.1. The minimum Gasteiger partial charge on any atom is -0.480 e. The molecule has 4 nitrogen and oxygen atoms in total. The monoisotopic (exact) mass is 225 g/mol. The summed E-state index contributed by atoms with van der Waals surface area (Å²) in [7, 11) is 0. The molecule has 1 N–H and O–H groups in total. The van der Waals surface area contributed by atoms with Crippen molar-refractivity contribution < 1.29 is 14.7 Å². The molecule has 1 saturated heterocycles. The summed E-state index contributed by atoms with van der Waals surface area (Å²) in [6, 6.07) is 0. The van der Waals surface area contributed by atoms with Gasteiger partial charge in [-0.05, 0) is 31.6 Å². The number of rotatable bonds is 3. The summed E-state index contributed by atoms with van der Waals surface area (Å²) in [5.74, 6) is -0.367. The van der Waals surface area contributed by atoms with Gasteiger partial charge in [0.05, 0.1) is 0 Å². The fraction of sp³-hybridized carbons (Fsp3) is 0.833. The zero-order chi connectivity index (χ0) is 11.8. The van der Waals surface area contributed by atoms with Crippen LogP contribution in [0.25, 0.3) is 0 Å². The van der Waals surface area contributed by atoms with Crippen LogP contribution in [0.5, 0.6) is 0 Å². The highest BCUT2D eigenvalue weighted by atomic mass is 16.4. The van der Waals surface area contributed by atoms with Crippen LogP contribution in [0.1, 0.15) is 39.0 Å². The summed E-state index contributed by atoms with van der Waals surface area (Å²) in [4.78, 5) is 24.9. The third kappa shape index (κ3) is 1.81. The molecular weight excluding hydrogens is 206 g/mol. The number of piperidine rings is 1. The summed E-state index contributed by atoms with van der Waals surface area (Å²) in [5.41, 5.74) is -1.04. The molecule has 0 bridgehead atoms. The highest BCUT2D eigenvalue weighted by molar-refractivity contribution is 6.04. The highest BCUT2D eigenvalue weighted by Gasteiger charge is 2.58. The molecule has 0 unspecified atom stereocenters. The standard InChI is InChI=1S/C12H19NO3/c1-2-9-3-7-13(8-4-9)10(14)12(5-6-12)11(15)16/h9H,2-8H2,1H3,(H,15,16). The van der Waals surface area contributed by atoms with Crippen LogP contribution in [0.4, 0.5) is 0 Å². The van der Waals surface area contributed by atoms with Gasteiger partial charge in [-0.2, -0.15) is 0 Å². The molecule has 1 aliphatic heterocycles. The van der Waals surface area contributed by atoms with Gasteiger partial charge in [-0.25, -0.2) is 0 Å². The molecule has 0 spiro atoms. The first-order valence-corrected chi connectivity index (χ1v) is 6.13. The molecule has 0 aromatic carbocycles. The van der Waals surface area contributed by atoms with Crippen molar-refractivity contribution in [2.75, 3.05) is 13.1 Å². The van der Waals surface area contributed by atoms with Crippen molar-refractivity contribution in [1.82, 2.24) is 4.90 Å². The van der Waals surface area contributed by atoms with Crippen molar-refractivity contribution in [2.45, 2.75) is 39.0 Å². The van der Waals surface area contributed by atoms with E-state index in [1.54, 1.807) is 4.90 Å².